The summed E-state index contributed by atoms with van der Waals surface area (Å²) in [6, 6.07) is 31.3. The number of para-hydroxylation sites is 1. The first-order valence-corrected chi connectivity index (χ1v) is 13.1. The van der Waals surface area contributed by atoms with Crippen molar-refractivity contribution in [2.45, 2.75) is 32.5 Å². The van der Waals surface area contributed by atoms with Crippen molar-refractivity contribution in [1.29, 1.82) is 0 Å². The summed E-state index contributed by atoms with van der Waals surface area (Å²) in [6.07, 6.45) is 0.155. The fourth-order valence-corrected chi connectivity index (χ4v) is 4.70. The summed E-state index contributed by atoms with van der Waals surface area (Å²) in [5.41, 5.74) is 19.0. The van der Waals surface area contributed by atoms with Crippen LogP contribution in [0.15, 0.2) is 101 Å². The Labute approximate surface area is 228 Å². The van der Waals surface area contributed by atoms with Crippen LogP contribution in [0.5, 0.6) is 5.75 Å². The molecule has 0 fully saturated rings. The number of carbonyl (C=O) groups excluding carboxylic acids is 1. The molecule has 6 heteroatoms. The Hall–Kier alpha value is -4.39. The average molecular weight is 521 g/mol. The number of hydrogen-bond donors (Lipinski definition) is 2. The van der Waals surface area contributed by atoms with Gasteiger partial charge in [0.25, 0.3) is 0 Å². The van der Waals surface area contributed by atoms with E-state index in [9.17, 15) is 4.79 Å². The van der Waals surface area contributed by atoms with Crippen LogP contribution < -0.4 is 16.2 Å². The minimum atomic E-state index is -0.392. The lowest BCUT2D eigenvalue weighted by Crippen LogP contribution is -2.10. The van der Waals surface area contributed by atoms with Gasteiger partial charge in [0.15, 0.2) is 0 Å². The number of hydrogen-bond acceptors (Lipinski definition) is 6. The van der Waals surface area contributed by atoms with E-state index in [4.69, 9.17) is 25.4 Å². The highest BCUT2D eigenvalue weighted by Gasteiger charge is 2.18. The molecule has 0 radical (unpaired) electrons. The van der Waals surface area contributed by atoms with Crippen molar-refractivity contribution in [2.24, 2.45) is 11.5 Å². The minimum absolute atomic E-state index is 0.155. The van der Waals surface area contributed by atoms with E-state index in [0.29, 0.717) is 31.3 Å². The molecular formula is C33H32N2O4. The predicted octanol–water partition coefficient (Wildman–Crippen LogP) is 6.29. The Morgan fingerprint density at radius 2 is 1.69 bits per heavy atom. The Balaban J connectivity index is 1.51. The summed E-state index contributed by atoms with van der Waals surface area (Å²) in [4.78, 5) is 12.1. The van der Waals surface area contributed by atoms with Gasteiger partial charge < -0.3 is 25.4 Å². The second-order valence-electron chi connectivity index (χ2n) is 9.38. The monoisotopic (exact) mass is 520 g/mol. The van der Waals surface area contributed by atoms with Crippen molar-refractivity contribution in [3.05, 3.63) is 125 Å². The zero-order chi connectivity index (χ0) is 27.2. The molecule has 0 aliphatic rings. The summed E-state index contributed by atoms with van der Waals surface area (Å²) in [5.74, 6) is 1.05. The maximum absolute atomic E-state index is 12.1. The second kappa shape index (κ2) is 12.0. The normalized spacial score (nSPS) is 11.9. The topological polar surface area (TPSA) is 101 Å². The quantitative estimate of drug-likeness (QED) is 0.210. The smallest absolute Gasteiger partial charge is 0.310 e. The maximum Gasteiger partial charge on any atom is 0.310 e. The summed E-state index contributed by atoms with van der Waals surface area (Å²) >= 11 is 0. The van der Waals surface area contributed by atoms with Gasteiger partial charge in [-0.2, -0.15) is 0 Å². The van der Waals surface area contributed by atoms with E-state index in [1.165, 1.54) is 0 Å². The molecule has 39 heavy (non-hydrogen) atoms. The molecule has 0 aliphatic heterocycles. The highest BCUT2D eigenvalue weighted by atomic mass is 16.5. The van der Waals surface area contributed by atoms with E-state index < -0.39 is 6.04 Å². The number of nitrogens with two attached hydrogens (primary N) is 2. The van der Waals surface area contributed by atoms with Gasteiger partial charge in [-0.1, -0.05) is 66.7 Å². The van der Waals surface area contributed by atoms with Gasteiger partial charge in [-0.3, -0.25) is 4.79 Å². The van der Waals surface area contributed by atoms with Crippen LogP contribution in [0, 0.1) is 0 Å². The van der Waals surface area contributed by atoms with Crippen LogP contribution in [-0.4, -0.2) is 12.6 Å². The first-order chi connectivity index (χ1) is 19.1. The Kier molecular flexibility index (Phi) is 8.06. The molecule has 5 rings (SSSR count). The van der Waals surface area contributed by atoms with Crippen LogP contribution in [-0.2, 0) is 29.1 Å². The highest BCUT2D eigenvalue weighted by Crippen LogP contribution is 2.36. The summed E-state index contributed by atoms with van der Waals surface area (Å²) < 4.78 is 17.8. The van der Waals surface area contributed by atoms with Gasteiger partial charge in [-0.15, -0.1) is 0 Å². The lowest BCUT2D eigenvalue weighted by Gasteiger charge is -2.13. The number of ether oxygens (including phenoxy) is 2. The van der Waals surface area contributed by atoms with Gasteiger partial charge in [0, 0.05) is 23.1 Å². The molecule has 5 aromatic rings. The van der Waals surface area contributed by atoms with E-state index in [-0.39, 0.29) is 12.4 Å². The molecular weight excluding hydrogens is 488 g/mol. The SMILES string of the molecule is CCOC(=O)Cc1ccccc1OCc1cc(-c2cccc(CN)c2)c2oc(C(N)c3ccccc3)cc2c1. The molecule has 0 saturated carbocycles. The third-order valence-corrected chi connectivity index (χ3v) is 6.64. The van der Waals surface area contributed by atoms with Crippen molar-refractivity contribution >= 4 is 16.9 Å². The highest BCUT2D eigenvalue weighted by molar-refractivity contribution is 5.94. The van der Waals surface area contributed by atoms with Crippen molar-refractivity contribution in [2.75, 3.05) is 6.61 Å². The molecule has 0 spiro atoms. The molecule has 4 aromatic carbocycles. The van der Waals surface area contributed by atoms with Crippen LogP contribution in [0.1, 0.15) is 41.0 Å². The number of fused-ring (bicyclic) bond motifs is 1. The summed E-state index contributed by atoms with van der Waals surface area (Å²) in [6.45, 7) is 2.89. The number of benzene rings is 4. The number of esters is 1. The molecule has 1 atom stereocenters. The fraction of sp³-hybridized carbons (Fsp3) is 0.182. The molecule has 0 bridgehead atoms. The molecule has 0 amide bonds. The van der Waals surface area contributed by atoms with E-state index >= 15 is 0 Å². The lowest BCUT2D eigenvalue weighted by atomic mass is 9.98. The molecule has 4 N–H and O–H groups in total. The van der Waals surface area contributed by atoms with E-state index in [1.807, 2.05) is 78.9 Å². The Morgan fingerprint density at radius 3 is 2.49 bits per heavy atom. The molecule has 198 valence electrons. The molecule has 6 nitrogen and oxygen atoms in total. The first kappa shape index (κ1) is 26.2. The van der Waals surface area contributed by atoms with Gasteiger partial charge in [0.1, 0.15) is 23.7 Å². The van der Waals surface area contributed by atoms with Gasteiger partial charge >= 0.3 is 5.97 Å². The first-order valence-electron chi connectivity index (χ1n) is 13.1. The van der Waals surface area contributed by atoms with Gasteiger partial charge in [0.2, 0.25) is 0 Å². The van der Waals surface area contributed by atoms with Gasteiger partial charge in [-0.25, -0.2) is 0 Å². The summed E-state index contributed by atoms with van der Waals surface area (Å²) in [7, 11) is 0. The summed E-state index contributed by atoms with van der Waals surface area (Å²) in [5, 5.41) is 0.936. The van der Waals surface area contributed by atoms with Crippen molar-refractivity contribution in [3.63, 3.8) is 0 Å². The Morgan fingerprint density at radius 1 is 0.897 bits per heavy atom. The van der Waals surface area contributed by atoms with Crippen LogP contribution in [0.3, 0.4) is 0 Å². The van der Waals surface area contributed by atoms with Gasteiger partial charge in [0.05, 0.1) is 19.1 Å². The number of carbonyl (C=O) groups is 1. The molecule has 1 aromatic heterocycles. The second-order valence-corrected chi connectivity index (χ2v) is 9.38. The third kappa shape index (κ3) is 6.03. The average Bonchev–Trinajstić information content (AvgIpc) is 3.41. The van der Waals surface area contributed by atoms with E-state index in [2.05, 4.69) is 18.2 Å². The third-order valence-electron chi connectivity index (χ3n) is 6.64. The fourth-order valence-electron chi connectivity index (χ4n) is 4.70. The number of rotatable bonds is 10. The van der Waals surface area contributed by atoms with E-state index in [0.717, 1.165) is 44.3 Å². The number of furan rings is 1. The largest absolute Gasteiger partial charge is 0.489 e. The van der Waals surface area contributed by atoms with Crippen LogP contribution in [0.4, 0.5) is 0 Å². The zero-order valence-corrected chi connectivity index (χ0v) is 21.9. The molecule has 0 saturated heterocycles. The van der Waals surface area contributed by atoms with E-state index in [1.54, 1.807) is 6.92 Å². The van der Waals surface area contributed by atoms with Crippen molar-refractivity contribution in [3.8, 4) is 16.9 Å². The predicted molar refractivity (Wildman–Crippen MR) is 153 cm³/mol. The standard InChI is InChI=1S/C33H32N2O4/c1-2-37-31(36)19-26-12-6-7-14-29(26)38-21-23-16-27-18-30(32(35)24-10-4-3-5-11-24)39-33(27)28(17-23)25-13-8-9-22(15-25)20-34/h3-18,32H,2,19-21,34-35H2,1H3. The van der Waals surface area contributed by atoms with Crippen LogP contribution in [0.25, 0.3) is 22.1 Å². The molecule has 1 heterocycles. The van der Waals surface area contributed by atoms with Crippen molar-refractivity contribution < 1.29 is 18.7 Å². The van der Waals surface area contributed by atoms with Crippen LogP contribution in [0.2, 0.25) is 0 Å². The lowest BCUT2D eigenvalue weighted by molar-refractivity contribution is -0.142. The minimum Gasteiger partial charge on any atom is -0.489 e. The van der Waals surface area contributed by atoms with Crippen molar-refractivity contribution in [1.82, 2.24) is 0 Å². The zero-order valence-electron chi connectivity index (χ0n) is 21.9. The van der Waals surface area contributed by atoms with Crippen LogP contribution >= 0.6 is 0 Å². The van der Waals surface area contributed by atoms with Gasteiger partial charge in [-0.05, 0) is 59.5 Å². The molecule has 1 unspecified atom stereocenters. The Bertz CT molecular complexity index is 1580. The molecule has 0 aliphatic carbocycles. The maximum atomic E-state index is 12.1.